The number of amides is 2. The molecule has 0 radical (unpaired) electrons. The van der Waals surface area contributed by atoms with Crippen molar-refractivity contribution >= 4 is 28.9 Å². The highest BCUT2D eigenvalue weighted by Crippen LogP contribution is 2.26. The lowest BCUT2D eigenvalue weighted by Crippen LogP contribution is -2.41. The molecule has 1 atom stereocenters. The first-order chi connectivity index (χ1) is 16.4. The molecule has 0 spiro atoms. The number of carbonyl (C=O) groups is 3. The van der Waals surface area contributed by atoms with Gasteiger partial charge in [-0.05, 0) is 45.0 Å². The van der Waals surface area contributed by atoms with E-state index in [9.17, 15) is 14.4 Å². The van der Waals surface area contributed by atoms with Crippen LogP contribution in [0, 0.1) is 0 Å². The van der Waals surface area contributed by atoms with Crippen LogP contribution < -0.4 is 5.32 Å². The molecule has 34 heavy (non-hydrogen) atoms. The molecule has 1 N–H and O–H groups in total. The van der Waals surface area contributed by atoms with Crippen molar-refractivity contribution in [3.63, 3.8) is 0 Å². The summed E-state index contributed by atoms with van der Waals surface area (Å²) < 4.78 is 7.08. The van der Waals surface area contributed by atoms with Crippen LogP contribution in [0.5, 0.6) is 0 Å². The third-order valence-electron chi connectivity index (χ3n) is 6.71. The van der Waals surface area contributed by atoms with Crippen LogP contribution in [0.4, 0.5) is 0 Å². The Balaban J connectivity index is 1.53. The fraction of sp³-hybridized carbons (Fsp3) is 0.583. The molecule has 4 heterocycles. The zero-order valence-electron chi connectivity index (χ0n) is 20.1. The lowest BCUT2D eigenvalue weighted by Gasteiger charge is -2.27. The maximum Gasteiger partial charge on any atom is 0.272 e. The minimum absolute atomic E-state index is 0.0488. The second-order valence-corrected chi connectivity index (χ2v) is 9.91. The van der Waals surface area contributed by atoms with Crippen molar-refractivity contribution in [3.8, 4) is 0 Å². The molecule has 0 unspecified atom stereocenters. The zero-order chi connectivity index (χ0) is 24.2. The minimum Gasteiger partial charge on any atom is -0.383 e. The third kappa shape index (κ3) is 5.08. The molecule has 0 aliphatic carbocycles. The number of fused-ring (bicyclic) bond motifs is 1. The molecule has 1 saturated heterocycles. The molecule has 2 aliphatic rings. The van der Waals surface area contributed by atoms with Crippen molar-refractivity contribution < 1.29 is 19.1 Å². The number of methoxy groups -OCH3 is 1. The summed E-state index contributed by atoms with van der Waals surface area (Å²) in [5.74, 6) is -0.365. The summed E-state index contributed by atoms with van der Waals surface area (Å²) >= 11 is 1.21. The summed E-state index contributed by atoms with van der Waals surface area (Å²) in [6, 6.07) is 3.75. The molecule has 184 valence electrons. The van der Waals surface area contributed by atoms with E-state index in [1.807, 2.05) is 4.68 Å². The highest BCUT2D eigenvalue weighted by Gasteiger charge is 2.32. The first kappa shape index (κ1) is 24.6. The molecular formula is C24H33N5O4S. The number of nitrogens with one attached hydrogen (secondary N) is 1. The fourth-order valence-corrected chi connectivity index (χ4v) is 5.71. The van der Waals surface area contributed by atoms with E-state index >= 15 is 0 Å². The second kappa shape index (κ2) is 10.8. The van der Waals surface area contributed by atoms with Crippen LogP contribution in [0.15, 0.2) is 12.1 Å². The monoisotopic (exact) mass is 487 g/mol. The van der Waals surface area contributed by atoms with Gasteiger partial charge in [-0.15, -0.1) is 11.3 Å². The van der Waals surface area contributed by atoms with E-state index in [0.29, 0.717) is 60.7 Å². The molecule has 2 aromatic heterocycles. The summed E-state index contributed by atoms with van der Waals surface area (Å²) in [6.07, 6.45) is 2.85. The molecule has 2 amide bonds. The summed E-state index contributed by atoms with van der Waals surface area (Å²) in [5, 5.41) is 7.73. The van der Waals surface area contributed by atoms with Crippen LogP contribution in [0.1, 0.15) is 67.8 Å². The fourth-order valence-electron chi connectivity index (χ4n) is 4.84. The number of likely N-dealkylation sites (N-methyl/N-ethyl adjacent to an activating group) is 1. The van der Waals surface area contributed by atoms with Gasteiger partial charge in [0.1, 0.15) is 0 Å². The van der Waals surface area contributed by atoms with Gasteiger partial charge in [0.15, 0.2) is 11.5 Å². The molecule has 1 fully saturated rings. The number of thiophene rings is 1. The Labute approximate surface area is 204 Å². The first-order valence-corrected chi connectivity index (χ1v) is 12.7. The Hall–Kier alpha value is -2.56. The van der Waals surface area contributed by atoms with Crippen LogP contribution in [0.3, 0.4) is 0 Å². The molecular weight excluding hydrogens is 454 g/mol. The number of aromatic nitrogens is 2. The van der Waals surface area contributed by atoms with Gasteiger partial charge in [-0.1, -0.05) is 6.92 Å². The van der Waals surface area contributed by atoms with Gasteiger partial charge >= 0.3 is 0 Å². The standard InChI is InChI=1S/C24H33N5O4S/c1-4-27-10-5-6-17(27)14-25-23(31)22-18-15-28(11-9-19(18)29(26-22)12-13-33-3)24(32)21-8-7-20(34-21)16(2)30/h7-8,17H,4-6,9-15H2,1-3H3,(H,25,31)/t17-/m0/s1. The van der Waals surface area contributed by atoms with Gasteiger partial charge < -0.3 is 15.0 Å². The van der Waals surface area contributed by atoms with Gasteiger partial charge in [0, 0.05) is 43.9 Å². The SMILES string of the molecule is CCN1CCC[C@H]1CNC(=O)c1nn(CCOC)c2c1CN(C(=O)c1ccc(C(C)=O)s1)CC2. The van der Waals surface area contributed by atoms with Crippen molar-refractivity contribution in [2.75, 3.05) is 39.9 Å². The lowest BCUT2D eigenvalue weighted by molar-refractivity contribution is 0.0734. The number of hydrogen-bond donors (Lipinski definition) is 1. The topological polar surface area (TPSA) is 96.8 Å². The molecule has 9 nitrogen and oxygen atoms in total. The lowest BCUT2D eigenvalue weighted by atomic mass is 10.0. The Morgan fingerprint density at radius 3 is 2.74 bits per heavy atom. The number of carbonyl (C=O) groups excluding carboxylic acids is 3. The Morgan fingerprint density at radius 1 is 1.24 bits per heavy atom. The van der Waals surface area contributed by atoms with Crippen molar-refractivity contribution in [3.05, 3.63) is 38.8 Å². The molecule has 4 rings (SSSR count). The van der Waals surface area contributed by atoms with E-state index in [1.54, 1.807) is 24.1 Å². The largest absolute Gasteiger partial charge is 0.383 e. The van der Waals surface area contributed by atoms with Crippen LogP contribution in [0.2, 0.25) is 0 Å². The van der Waals surface area contributed by atoms with Crippen molar-refractivity contribution in [2.45, 2.75) is 52.2 Å². The van der Waals surface area contributed by atoms with E-state index in [-0.39, 0.29) is 17.6 Å². The number of ketones is 1. The number of Topliss-reactive ketones (excluding diaryl/α,β-unsaturated/α-hetero) is 1. The van der Waals surface area contributed by atoms with Crippen molar-refractivity contribution in [1.82, 2.24) is 24.9 Å². The predicted molar refractivity (Wildman–Crippen MR) is 129 cm³/mol. The van der Waals surface area contributed by atoms with Crippen LogP contribution in [0.25, 0.3) is 0 Å². The molecule has 0 saturated carbocycles. The van der Waals surface area contributed by atoms with Crippen LogP contribution in [-0.4, -0.2) is 83.1 Å². The van der Waals surface area contributed by atoms with Crippen LogP contribution in [-0.2, 0) is 24.2 Å². The number of rotatable bonds is 9. The number of hydrogen-bond acceptors (Lipinski definition) is 7. The molecule has 10 heteroatoms. The zero-order valence-corrected chi connectivity index (χ0v) is 20.9. The summed E-state index contributed by atoms with van der Waals surface area (Å²) in [4.78, 5) is 43.2. The van der Waals surface area contributed by atoms with Gasteiger partial charge in [0.05, 0.1) is 29.5 Å². The highest BCUT2D eigenvalue weighted by atomic mass is 32.1. The smallest absolute Gasteiger partial charge is 0.272 e. The average molecular weight is 488 g/mol. The Kier molecular flexibility index (Phi) is 7.80. The van der Waals surface area contributed by atoms with Gasteiger partial charge in [0.25, 0.3) is 11.8 Å². The quantitative estimate of drug-likeness (QED) is 0.545. The number of nitrogens with zero attached hydrogens (tertiary/aromatic N) is 4. The van der Waals surface area contributed by atoms with E-state index in [1.165, 1.54) is 18.3 Å². The van der Waals surface area contributed by atoms with Gasteiger partial charge in [-0.3, -0.25) is 24.0 Å². The number of ether oxygens (including phenoxy) is 1. The minimum atomic E-state index is -0.195. The van der Waals surface area contributed by atoms with E-state index in [0.717, 1.165) is 37.2 Å². The maximum atomic E-state index is 13.2. The molecule has 0 bridgehead atoms. The maximum absolute atomic E-state index is 13.2. The van der Waals surface area contributed by atoms with Crippen molar-refractivity contribution in [2.24, 2.45) is 0 Å². The summed E-state index contributed by atoms with van der Waals surface area (Å²) in [6.45, 7) is 8.19. The predicted octanol–water partition coefficient (Wildman–Crippen LogP) is 2.21. The molecule has 2 aliphatic heterocycles. The molecule has 2 aromatic rings. The van der Waals surface area contributed by atoms with Crippen molar-refractivity contribution in [1.29, 1.82) is 0 Å². The summed E-state index contributed by atoms with van der Waals surface area (Å²) in [7, 11) is 1.64. The second-order valence-electron chi connectivity index (χ2n) is 8.82. The molecule has 0 aromatic carbocycles. The first-order valence-electron chi connectivity index (χ1n) is 11.9. The Morgan fingerprint density at radius 2 is 2.03 bits per heavy atom. The highest BCUT2D eigenvalue weighted by molar-refractivity contribution is 7.15. The van der Waals surface area contributed by atoms with E-state index < -0.39 is 0 Å². The third-order valence-corrected chi connectivity index (χ3v) is 7.88. The van der Waals surface area contributed by atoms with Gasteiger partial charge in [-0.25, -0.2) is 0 Å². The van der Waals surface area contributed by atoms with Gasteiger partial charge in [0.2, 0.25) is 0 Å². The van der Waals surface area contributed by atoms with Gasteiger partial charge in [-0.2, -0.15) is 5.10 Å². The number of likely N-dealkylation sites (tertiary alicyclic amines) is 1. The normalized spacial score (nSPS) is 18.2. The van der Waals surface area contributed by atoms with E-state index in [4.69, 9.17) is 4.74 Å². The average Bonchev–Trinajstić information content (AvgIpc) is 3.58. The summed E-state index contributed by atoms with van der Waals surface area (Å²) in [5.41, 5.74) is 2.17. The van der Waals surface area contributed by atoms with Crippen LogP contribution >= 0.6 is 11.3 Å². The van der Waals surface area contributed by atoms with E-state index in [2.05, 4.69) is 22.2 Å². The Bertz CT molecular complexity index is 1060.